The number of hydrogen-bond donors (Lipinski definition) is 3. The first kappa shape index (κ1) is 14.2. The van der Waals surface area contributed by atoms with Crippen LogP contribution in [0.5, 0.6) is 0 Å². The molecule has 0 spiro atoms. The van der Waals surface area contributed by atoms with Crippen LogP contribution in [0.25, 0.3) is 0 Å². The van der Waals surface area contributed by atoms with Crippen molar-refractivity contribution < 1.29 is 15.3 Å². The average Bonchev–Trinajstić information content (AvgIpc) is 2.36. The molecular weight excluding hydrogens is 216 g/mol. The molecule has 0 saturated heterocycles. The Morgan fingerprint density at radius 3 is 2.29 bits per heavy atom. The molecule has 0 heterocycles. The molecule has 0 aliphatic carbocycles. The van der Waals surface area contributed by atoms with Crippen LogP contribution < -0.4 is 0 Å². The van der Waals surface area contributed by atoms with Gasteiger partial charge in [0.05, 0.1) is 6.10 Å². The van der Waals surface area contributed by atoms with E-state index in [4.69, 9.17) is 5.11 Å². The van der Waals surface area contributed by atoms with Crippen LogP contribution >= 0.6 is 0 Å². The molecule has 3 heteroatoms. The molecule has 17 heavy (non-hydrogen) atoms. The normalized spacial score (nSPS) is 14.6. The fraction of sp³-hybridized carbons (Fsp3) is 0.571. The summed E-state index contributed by atoms with van der Waals surface area (Å²) in [6, 6.07) is 7.66. The lowest BCUT2D eigenvalue weighted by molar-refractivity contribution is 0.00421. The lowest BCUT2D eigenvalue weighted by Crippen LogP contribution is -2.19. The third-order valence-corrected chi connectivity index (χ3v) is 2.93. The first-order valence-electron chi connectivity index (χ1n) is 6.24. The van der Waals surface area contributed by atoms with Crippen LogP contribution in [0.4, 0.5) is 0 Å². The molecule has 1 aromatic rings. The fourth-order valence-corrected chi connectivity index (χ4v) is 1.77. The SMILES string of the molecule is CCCCc1ccc(C(O)C(O)CCO)cc1. The maximum Gasteiger partial charge on any atom is 0.105 e. The first-order chi connectivity index (χ1) is 8.19. The second-order valence-corrected chi connectivity index (χ2v) is 4.37. The van der Waals surface area contributed by atoms with Crippen LogP contribution in [0.3, 0.4) is 0 Å². The van der Waals surface area contributed by atoms with E-state index in [9.17, 15) is 10.2 Å². The Hall–Kier alpha value is -0.900. The highest BCUT2D eigenvalue weighted by molar-refractivity contribution is 5.24. The van der Waals surface area contributed by atoms with Crippen LogP contribution in [0, 0.1) is 0 Å². The summed E-state index contributed by atoms with van der Waals surface area (Å²) >= 11 is 0. The van der Waals surface area contributed by atoms with Gasteiger partial charge in [0.25, 0.3) is 0 Å². The Morgan fingerprint density at radius 1 is 1.12 bits per heavy atom. The summed E-state index contributed by atoms with van der Waals surface area (Å²) in [5.41, 5.74) is 1.95. The number of aliphatic hydroxyl groups excluding tert-OH is 3. The molecule has 96 valence electrons. The minimum absolute atomic E-state index is 0.118. The van der Waals surface area contributed by atoms with E-state index in [0.29, 0.717) is 5.56 Å². The zero-order valence-electron chi connectivity index (χ0n) is 10.3. The molecule has 2 unspecified atom stereocenters. The molecule has 0 aliphatic heterocycles. The summed E-state index contributed by atoms with van der Waals surface area (Å²) in [6.07, 6.45) is 1.75. The number of hydrogen-bond acceptors (Lipinski definition) is 3. The molecule has 0 fully saturated rings. The molecule has 3 nitrogen and oxygen atoms in total. The maximum atomic E-state index is 9.83. The second kappa shape index (κ2) is 7.43. The topological polar surface area (TPSA) is 60.7 Å². The van der Waals surface area contributed by atoms with Gasteiger partial charge in [0.1, 0.15) is 6.10 Å². The highest BCUT2D eigenvalue weighted by Crippen LogP contribution is 2.19. The van der Waals surface area contributed by atoms with E-state index >= 15 is 0 Å². The Kier molecular flexibility index (Phi) is 6.19. The van der Waals surface area contributed by atoms with Gasteiger partial charge < -0.3 is 15.3 Å². The van der Waals surface area contributed by atoms with E-state index < -0.39 is 12.2 Å². The van der Waals surface area contributed by atoms with Crippen molar-refractivity contribution in [1.29, 1.82) is 0 Å². The predicted molar refractivity (Wildman–Crippen MR) is 67.7 cm³/mol. The molecule has 0 aromatic heterocycles. The zero-order valence-corrected chi connectivity index (χ0v) is 10.3. The average molecular weight is 238 g/mol. The van der Waals surface area contributed by atoms with E-state index in [1.54, 1.807) is 0 Å². The molecule has 3 N–H and O–H groups in total. The molecule has 0 saturated carbocycles. The molecule has 0 radical (unpaired) electrons. The van der Waals surface area contributed by atoms with E-state index in [1.807, 2.05) is 24.3 Å². The Bertz CT molecular complexity index is 308. The van der Waals surface area contributed by atoms with Crippen LogP contribution in [-0.4, -0.2) is 28.0 Å². The molecule has 0 aliphatic rings. The second-order valence-electron chi connectivity index (χ2n) is 4.37. The van der Waals surface area contributed by atoms with E-state index in [-0.39, 0.29) is 13.0 Å². The van der Waals surface area contributed by atoms with Crippen molar-refractivity contribution in [2.75, 3.05) is 6.61 Å². The van der Waals surface area contributed by atoms with Crippen LogP contribution in [0.15, 0.2) is 24.3 Å². The Balaban J connectivity index is 2.60. The largest absolute Gasteiger partial charge is 0.396 e. The quantitative estimate of drug-likeness (QED) is 0.679. The number of rotatable bonds is 7. The fourth-order valence-electron chi connectivity index (χ4n) is 1.77. The van der Waals surface area contributed by atoms with Crippen molar-refractivity contribution in [3.8, 4) is 0 Å². The van der Waals surface area contributed by atoms with E-state index in [0.717, 1.165) is 12.8 Å². The maximum absolute atomic E-state index is 9.83. The van der Waals surface area contributed by atoms with Gasteiger partial charge in [-0.05, 0) is 30.4 Å². The zero-order chi connectivity index (χ0) is 12.7. The smallest absolute Gasteiger partial charge is 0.105 e. The third kappa shape index (κ3) is 4.46. The van der Waals surface area contributed by atoms with Gasteiger partial charge in [-0.2, -0.15) is 0 Å². The van der Waals surface area contributed by atoms with E-state index in [2.05, 4.69) is 6.92 Å². The summed E-state index contributed by atoms with van der Waals surface area (Å²) in [4.78, 5) is 0. The molecule has 1 rings (SSSR count). The number of aliphatic hydroxyl groups is 3. The summed E-state index contributed by atoms with van der Waals surface area (Å²) in [7, 11) is 0. The summed E-state index contributed by atoms with van der Waals surface area (Å²) in [5, 5.41) is 28.1. The number of benzene rings is 1. The van der Waals surface area contributed by atoms with Crippen molar-refractivity contribution in [3.05, 3.63) is 35.4 Å². The summed E-state index contributed by atoms with van der Waals surface area (Å²) in [6.45, 7) is 2.04. The third-order valence-electron chi connectivity index (χ3n) is 2.93. The van der Waals surface area contributed by atoms with Crippen LogP contribution in [0.2, 0.25) is 0 Å². The number of aryl methyl sites for hydroxylation is 1. The van der Waals surface area contributed by atoms with E-state index in [1.165, 1.54) is 12.0 Å². The van der Waals surface area contributed by atoms with Gasteiger partial charge >= 0.3 is 0 Å². The standard InChI is InChI=1S/C14H22O3/c1-2-3-4-11-5-7-12(8-6-11)14(17)13(16)9-10-15/h5-8,13-17H,2-4,9-10H2,1H3. The van der Waals surface area contributed by atoms with Crippen molar-refractivity contribution in [3.63, 3.8) is 0 Å². The molecule has 1 aromatic carbocycles. The lowest BCUT2D eigenvalue weighted by Gasteiger charge is -2.17. The minimum Gasteiger partial charge on any atom is -0.396 e. The van der Waals surface area contributed by atoms with Gasteiger partial charge in [0.2, 0.25) is 0 Å². The molecule has 0 bridgehead atoms. The highest BCUT2D eigenvalue weighted by atomic mass is 16.3. The highest BCUT2D eigenvalue weighted by Gasteiger charge is 2.17. The van der Waals surface area contributed by atoms with Gasteiger partial charge in [-0.3, -0.25) is 0 Å². The molecule has 0 amide bonds. The number of unbranched alkanes of at least 4 members (excludes halogenated alkanes) is 1. The summed E-state index contributed by atoms with van der Waals surface area (Å²) in [5.74, 6) is 0. The molecule has 2 atom stereocenters. The van der Waals surface area contributed by atoms with Crippen molar-refractivity contribution in [2.24, 2.45) is 0 Å². The predicted octanol–water partition coefficient (Wildman–Crippen LogP) is 1.81. The van der Waals surface area contributed by atoms with Crippen molar-refractivity contribution in [1.82, 2.24) is 0 Å². The summed E-state index contributed by atoms with van der Waals surface area (Å²) < 4.78 is 0. The minimum atomic E-state index is -0.914. The molecular formula is C14H22O3. The Labute approximate surface area is 103 Å². The monoisotopic (exact) mass is 238 g/mol. The van der Waals surface area contributed by atoms with Crippen LogP contribution in [-0.2, 0) is 6.42 Å². The van der Waals surface area contributed by atoms with Gasteiger partial charge in [-0.1, -0.05) is 37.6 Å². The van der Waals surface area contributed by atoms with Gasteiger partial charge in [-0.25, -0.2) is 0 Å². The van der Waals surface area contributed by atoms with Crippen molar-refractivity contribution in [2.45, 2.75) is 44.8 Å². The van der Waals surface area contributed by atoms with Gasteiger partial charge in [0.15, 0.2) is 0 Å². The first-order valence-corrected chi connectivity index (χ1v) is 6.24. The van der Waals surface area contributed by atoms with Gasteiger partial charge in [-0.15, -0.1) is 0 Å². The Morgan fingerprint density at radius 2 is 1.76 bits per heavy atom. The lowest BCUT2D eigenvalue weighted by atomic mass is 9.99. The van der Waals surface area contributed by atoms with Gasteiger partial charge in [0, 0.05) is 6.61 Å². The van der Waals surface area contributed by atoms with Crippen molar-refractivity contribution >= 4 is 0 Å². The van der Waals surface area contributed by atoms with Crippen LogP contribution in [0.1, 0.15) is 43.4 Å².